The van der Waals surface area contributed by atoms with Gasteiger partial charge >= 0.3 is 0 Å². The van der Waals surface area contributed by atoms with Gasteiger partial charge in [-0.1, -0.05) is 25.1 Å². The lowest BCUT2D eigenvalue weighted by Crippen LogP contribution is -2.29. The number of rotatable bonds is 5. The minimum atomic E-state index is -0.491. The highest BCUT2D eigenvalue weighted by Gasteiger charge is 2.17. The molecule has 0 aliphatic carbocycles. The molecule has 8 nitrogen and oxygen atoms in total. The van der Waals surface area contributed by atoms with Crippen molar-refractivity contribution in [1.82, 2.24) is 19.6 Å². The smallest absolute Gasteiger partial charge is 0.292 e. The number of hydrogen-bond donors (Lipinski definition) is 2. The molecule has 1 aromatic carbocycles. The van der Waals surface area contributed by atoms with Crippen LogP contribution in [0.3, 0.4) is 0 Å². The lowest BCUT2D eigenvalue weighted by Gasteiger charge is -2.09. The van der Waals surface area contributed by atoms with Crippen LogP contribution < -0.4 is 16.7 Å². The van der Waals surface area contributed by atoms with E-state index in [1.54, 1.807) is 31.2 Å². The molecule has 9 heteroatoms. The number of carbonyl (C=O) groups excluding carboxylic acids is 1. The number of nitrogen functional groups attached to an aromatic ring is 1. The third-order valence-electron chi connectivity index (χ3n) is 4.09. The number of fused-ring (bicyclic) bond motifs is 1. The average molecular weight is 384 g/mol. The summed E-state index contributed by atoms with van der Waals surface area (Å²) in [6.45, 7) is 5.95. The standard InChI is InChI=1S/C18H20N6O2S/c1-4-9-24-18(26)13-8-6-5-7-12(13)15(22-24)17(25)21-20-10(2)14-11(3)23-27-16(14)19/h5-8H,4,9,19H2,1-3H3,(H,21,25)/b20-10-. The summed E-state index contributed by atoms with van der Waals surface area (Å²) in [6, 6.07) is 6.92. The van der Waals surface area contributed by atoms with Crippen molar-refractivity contribution in [3.63, 3.8) is 0 Å². The van der Waals surface area contributed by atoms with Crippen LogP contribution in [-0.4, -0.2) is 25.8 Å². The molecule has 3 rings (SSSR count). The van der Waals surface area contributed by atoms with Gasteiger partial charge in [0.25, 0.3) is 11.5 Å². The van der Waals surface area contributed by atoms with E-state index in [4.69, 9.17) is 5.73 Å². The van der Waals surface area contributed by atoms with Gasteiger partial charge in [-0.2, -0.15) is 14.6 Å². The number of amides is 1. The summed E-state index contributed by atoms with van der Waals surface area (Å²) in [5, 5.41) is 9.89. The highest BCUT2D eigenvalue weighted by molar-refractivity contribution is 7.10. The molecular weight excluding hydrogens is 364 g/mol. The van der Waals surface area contributed by atoms with Crippen LogP contribution in [0.2, 0.25) is 0 Å². The number of benzene rings is 1. The van der Waals surface area contributed by atoms with Crippen LogP contribution >= 0.6 is 11.5 Å². The Labute approximate surface area is 159 Å². The lowest BCUT2D eigenvalue weighted by atomic mass is 10.1. The van der Waals surface area contributed by atoms with Crippen molar-refractivity contribution in [2.75, 3.05) is 5.73 Å². The molecule has 0 saturated heterocycles. The first kappa shape index (κ1) is 18.7. The Morgan fingerprint density at radius 3 is 2.67 bits per heavy atom. The number of aryl methyl sites for hydroxylation is 2. The second-order valence-electron chi connectivity index (χ2n) is 6.07. The van der Waals surface area contributed by atoms with Gasteiger partial charge in [0.05, 0.1) is 22.4 Å². The van der Waals surface area contributed by atoms with Gasteiger partial charge in [0, 0.05) is 11.9 Å². The summed E-state index contributed by atoms with van der Waals surface area (Å²) in [4.78, 5) is 25.2. The van der Waals surface area contributed by atoms with Crippen molar-refractivity contribution in [2.45, 2.75) is 33.7 Å². The first-order valence-corrected chi connectivity index (χ1v) is 9.28. The van der Waals surface area contributed by atoms with Gasteiger partial charge in [0.15, 0.2) is 5.69 Å². The SMILES string of the molecule is CCCn1nc(C(=O)N/N=C(/C)c2c(C)nsc2N)c2ccccc2c1=O. The van der Waals surface area contributed by atoms with Crippen LogP contribution in [0.25, 0.3) is 10.8 Å². The molecule has 27 heavy (non-hydrogen) atoms. The fourth-order valence-electron chi connectivity index (χ4n) is 2.84. The predicted octanol–water partition coefficient (Wildman–Crippen LogP) is 2.31. The topological polar surface area (TPSA) is 115 Å². The maximum atomic E-state index is 12.7. The summed E-state index contributed by atoms with van der Waals surface area (Å²) in [5.41, 5.74) is 10.4. The van der Waals surface area contributed by atoms with Gasteiger partial charge in [0.1, 0.15) is 5.00 Å². The van der Waals surface area contributed by atoms with E-state index in [1.807, 2.05) is 13.8 Å². The lowest BCUT2D eigenvalue weighted by molar-refractivity contribution is 0.0949. The van der Waals surface area contributed by atoms with Crippen LogP contribution in [-0.2, 0) is 6.54 Å². The molecule has 0 spiro atoms. The number of hydrogen-bond acceptors (Lipinski definition) is 7. The zero-order valence-corrected chi connectivity index (χ0v) is 16.1. The van der Waals surface area contributed by atoms with Crippen molar-refractivity contribution in [1.29, 1.82) is 0 Å². The molecule has 0 radical (unpaired) electrons. The van der Waals surface area contributed by atoms with Crippen LogP contribution in [0.15, 0.2) is 34.2 Å². The number of nitrogens with zero attached hydrogens (tertiary/aromatic N) is 4. The molecule has 2 heterocycles. The molecule has 0 atom stereocenters. The van der Waals surface area contributed by atoms with Crippen LogP contribution in [0.5, 0.6) is 0 Å². The summed E-state index contributed by atoms with van der Waals surface area (Å²) >= 11 is 1.18. The third-order valence-corrected chi connectivity index (χ3v) is 4.86. The Hall–Kier alpha value is -3.07. The zero-order chi connectivity index (χ0) is 19.6. The molecule has 140 valence electrons. The quantitative estimate of drug-likeness (QED) is 0.517. The normalized spacial score (nSPS) is 11.7. The first-order chi connectivity index (χ1) is 12.9. The largest absolute Gasteiger partial charge is 0.389 e. The first-order valence-electron chi connectivity index (χ1n) is 8.50. The molecule has 0 aliphatic rings. The number of anilines is 1. The van der Waals surface area contributed by atoms with Crippen molar-refractivity contribution in [3.05, 3.63) is 51.6 Å². The molecule has 3 aromatic rings. The van der Waals surface area contributed by atoms with Crippen LogP contribution in [0.1, 0.15) is 42.0 Å². The Bertz CT molecular complexity index is 1080. The van der Waals surface area contributed by atoms with E-state index in [9.17, 15) is 9.59 Å². The van der Waals surface area contributed by atoms with Gasteiger partial charge in [-0.3, -0.25) is 9.59 Å². The van der Waals surface area contributed by atoms with Crippen molar-refractivity contribution < 1.29 is 4.79 Å². The van der Waals surface area contributed by atoms with E-state index in [0.717, 1.165) is 12.1 Å². The Kier molecular flexibility index (Phi) is 5.31. The van der Waals surface area contributed by atoms with Gasteiger partial charge in [-0.15, -0.1) is 0 Å². The predicted molar refractivity (Wildman–Crippen MR) is 107 cm³/mol. The Balaban J connectivity index is 2.00. The molecule has 0 bridgehead atoms. The molecule has 0 saturated carbocycles. The van der Waals surface area contributed by atoms with Crippen molar-refractivity contribution in [3.8, 4) is 0 Å². The minimum absolute atomic E-state index is 0.156. The fraction of sp³-hybridized carbons (Fsp3) is 0.278. The highest BCUT2D eigenvalue weighted by Crippen LogP contribution is 2.21. The number of carbonyl (C=O) groups is 1. The number of nitrogens with two attached hydrogens (primary N) is 1. The number of aromatic nitrogens is 3. The molecule has 2 aromatic heterocycles. The second kappa shape index (κ2) is 7.67. The fourth-order valence-corrected chi connectivity index (χ4v) is 3.55. The monoisotopic (exact) mass is 384 g/mol. The number of hydrazone groups is 1. The number of nitrogens with one attached hydrogen (secondary N) is 1. The van der Waals surface area contributed by atoms with Crippen LogP contribution in [0.4, 0.5) is 5.00 Å². The van der Waals surface area contributed by atoms with E-state index in [2.05, 4.69) is 20.0 Å². The van der Waals surface area contributed by atoms with Gasteiger partial charge in [-0.25, -0.2) is 10.1 Å². The second-order valence-corrected chi connectivity index (χ2v) is 6.87. The van der Waals surface area contributed by atoms with Crippen LogP contribution in [0, 0.1) is 6.92 Å². The van der Waals surface area contributed by atoms with E-state index >= 15 is 0 Å². The van der Waals surface area contributed by atoms with E-state index in [1.165, 1.54) is 16.2 Å². The minimum Gasteiger partial charge on any atom is -0.389 e. The molecule has 0 fully saturated rings. The molecular formula is C18H20N6O2S. The van der Waals surface area contributed by atoms with Crippen molar-refractivity contribution >= 4 is 38.9 Å². The van der Waals surface area contributed by atoms with E-state index in [-0.39, 0.29) is 11.3 Å². The Morgan fingerprint density at radius 1 is 1.33 bits per heavy atom. The maximum Gasteiger partial charge on any atom is 0.292 e. The third kappa shape index (κ3) is 3.59. The summed E-state index contributed by atoms with van der Waals surface area (Å²) < 4.78 is 5.50. The summed E-state index contributed by atoms with van der Waals surface area (Å²) in [7, 11) is 0. The maximum absolute atomic E-state index is 12.7. The molecule has 0 aliphatic heterocycles. The van der Waals surface area contributed by atoms with E-state index in [0.29, 0.717) is 33.6 Å². The van der Waals surface area contributed by atoms with Gasteiger partial charge in [0.2, 0.25) is 0 Å². The zero-order valence-electron chi connectivity index (χ0n) is 15.3. The molecule has 1 amide bonds. The van der Waals surface area contributed by atoms with Crippen molar-refractivity contribution in [2.24, 2.45) is 5.10 Å². The Morgan fingerprint density at radius 2 is 2.04 bits per heavy atom. The van der Waals surface area contributed by atoms with E-state index < -0.39 is 5.91 Å². The summed E-state index contributed by atoms with van der Waals surface area (Å²) in [6.07, 6.45) is 0.729. The van der Waals surface area contributed by atoms with Gasteiger partial charge < -0.3 is 5.73 Å². The summed E-state index contributed by atoms with van der Waals surface area (Å²) in [5.74, 6) is -0.491. The molecule has 0 unspecified atom stereocenters. The van der Waals surface area contributed by atoms with Gasteiger partial charge in [-0.05, 0) is 37.9 Å². The average Bonchev–Trinajstić information content (AvgIpc) is 3.00. The highest BCUT2D eigenvalue weighted by atomic mass is 32.1. The molecule has 3 N–H and O–H groups in total.